The highest BCUT2D eigenvalue weighted by molar-refractivity contribution is 8.63. The predicted octanol–water partition coefficient (Wildman–Crippen LogP) is 2.07. The highest BCUT2D eigenvalue weighted by Crippen LogP contribution is 2.19. The van der Waals surface area contributed by atoms with Gasteiger partial charge in [0, 0.05) is 25.9 Å². The van der Waals surface area contributed by atoms with E-state index in [0.717, 1.165) is 0 Å². The molecule has 0 N–H and O–H groups in total. The summed E-state index contributed by atoms with van der Waals surface area (Å²) in [7, 11) is -5.80. The van der Waals surface area contributed by atoms with E-state index in [0.29, 0.717) is 38.7 Å². The Morgan fingerprint density at radius 2 is 1.39 bits per heavy atom. The van der Waals surface area contributed by atoms with Crippen LogP contribution in [0.25, 0.3) is 0 Å². The van der Waals surface area contributed by atoms with Gasteiger partial charge in [0.15, 0.2) is 8.87 Å². The minimum absolute atomic E-state index is 0.0744. The Morgan fingerprint density at radius 1 is 0.944 bits per heavy atom. The molecule has 0 unspecified atom stereocenters. The highest BCUT2D eigenvalue weighted by Gasteiger charge is 2.39. The van der Waals surface area contributed by atoms with Crippen LogP contribution < -0.4 is 0 Å². The van der Waals surface area contributed by atoms with Crippen molar-refractivity contribution in [3.8, 4) is 0 Å². The van der Waals surface area contributed by atoms with Crippen molar-refractivity contribution in [2.75, 3.05) is 25.6 Å². The topological polar surface area (TPSA) is 61.8 Å². The van der Waals surface area contributed by atoms with Crippen molar-refractivity contribution in [3.05, 3.63) is 0 Å². The van der Waals surface area contributed by atoms with Crippen molar-refractivity contribution in [2.45, 2.75) is 39.7 Å². The van der Waals surface area contributed by atoms with Gasteiger partial charge in [0.05, 0.1) is 5.75 Å². The van der Waals surface area contributed by atoms with Crippen LogP contribution in [-0.2, 0) is 22.1 Å². The Kier molecular flexibility index (Phi) is 9.53. The van der Waals surface area contributed by atoms with Crippen molar-refractivity contribution in [2.24, 2.45) is 0 Å². The normalized spacial score (nSPS) is 12.9. The Morgan fingerprint density at radius 3 is 1.72 bits per heavy atom. The molecule has 0 spiro atoms. The average Bonchev–Trinajstić information content (AvgIpc) is 2.24. The van der Waals surface area contributed by atoms with E-state index in [9.17, 15) is 8.42 Å². The lowest BCUT2D eigenvalue weighted by Gasteiger charge is -2.28. The molecule has 0 saturated carbocycles. The van der Waals surface area contributed by atoms with Crippen LogP contribution >= 0.6 is 11.7 Å². The summed E-state index contributed by atoms with van der Waals surface area (Å²) in [5, 5.41) is 0. The van der Waals surface area contributed by atoms with Crippen molar-refractivity contribution < 1.29 is 21.7 Å². The molecule has 18 heavy (non-hydrogen) atoms. The van der Waals surface area contributed by atoms with E-state index >= 15 is 0 Å². The maximum atomic E-state index is 10.9. The first kappa shape index (κ1) is 18.4. The number of hydrogen-bond donors (Lipinski definition) is 1. The van der Waals surface area contributed by atoms with Crippen LogP contribution in [-0.4, -0.2) is 42.8 Å². The number of hydrogen-bond acceptors (Lipinski definition) is 5. The van der Waals surface area contributed by atoms with Crippen LogP contribution in [0.15, 0.2) is 0 Å². The van der Waals surface area contributed by atoms with Crippen LogP contribution in [0.5, 0.6) is 0 Å². The van der Waals surface area contributed by atoms with E-state index < -0.39 is 17.7 Å². The molecule has 0 atom stereocenters. The number of rotatable bonds is 11. The minimum Gasteiger partial charge on any atom is -0.374 e. The Hall–Kier alpha value is 0.397. The number of unbranched alkanes of at least 4 members (excludes halogenated alkanes) is 1. The minimum atomic E-state index is -3.19. The summed E-state index contributed by atoms with van der Waals surface area (Å²) < 4.78 is 38.8. The molecule has 0 fully saturated rings. The predicted molar refractivity (Wildman–Crippen MR) is 77.4 cm³/mol. The van der Waals surface area contributed by atoms with Gasteiger partial charge in [0.2, 0.25) is 0 Å². The van der Waals surface area contributed by atoms with Crippen molar-refractivity contribution in [3.63, 3.8) is 0 Å². The maximum Gasteiger partial charge on any atom is 0.500 e. The van der Waals surface area contributed by atoms with Crippen LogP contribution in [0.4, 0.5) is 0 Å². The second-order valence-corrected chi connectivity index (χ2v) is 9.70. The van der Waals surface area contributed by atoms with Gasteiger partial charge in [0.25, 0.3) is 0 Å². The van der Waals surface area contributed by atoms with E-state index in [1.165, 1.54) is 0 Å². The molecule has 8 heteroatoms. The van der Waals surface area contributed by atoms with E-state index in [2.05, 4.69) is 11.7 Å². The molecular weight excluding hydrogens is 292 g/mol. The number of thiol groups is 1. The molecule has 0 aromatic rings. The molecule has 0 amide bonds. The maximum absolute atomic E-state index is 10.9. The second-order valence-electron chi connectivity index (χ2n) is 3.73. The third-order valence-corrected chi connectivity index (χ3v) is 6.73. The monoisotopic (exact) mass is 316 g/mol. The second kappa shape index (κ2) is 9.32. The summed E-state index contributed by atoms with van der Waals surface area (Å²) in [6, 6.07) is 0.645. The average molecular weight is 317 g/mol. The summed E-state index contributed by atoms with van der Waals surface area (Å²) in [6.07, 6.45) is 1.25. The molecule has 110 valence electrons. The van der Waals surface area contributed by atoms with Crippen LogP contribution in [0.1, 0.15) is 33.6 Å². The van der Waals surface area contributed by atoms with Crippen molar-refractivity contribution in [1.29, 1.82) is 0 Å². The molecule has 0 aliphatic rings. The van der Waals surface area contributed by atoms with Gasteiger partial charge in [-0.3, -0.25) is 0 Å². The Balaban J connectivity index is 4.29. The standard InChI is InChI=1S/C10H24O5S2Si/c1-4-13-18(14-5-2,15-6-3)10-8-7-9-17(11,12)16/h4-10H2,1-3H3,(H,11,12,16). The van der Waals surface area contributed by atoms with Crippen LogP contribution in [0.2, 0.25) is 6.04 Å². The highest BCUT2D eigenvalue weighted by atomic mass is 33.1. The molecular formula is C10H24O5S2Si. The molecule has 0 saturated heterocycles. The van der Waals surface area contributed by atoms with Gasteiger partial charge >= 0.3 is 8.80 Å². The van der Waals surface area contributed by atoms with E-state index in [1.54, 1.807) is 0 Å². The van der Waals surface area contributed by atoms with E-state index in [-0.39, 0.29) is 5.75 Å². The van der Waals surface area contributed by atoms with Gasteiger partial charge in [-0.05, 0) is 45.3 Å². The molecule has 0 aromatic carbocycles. The lowest BCUT2D eigenvalue weighted by atomic mass is 10.4. The first-order valence-corrected chi connectivity index (χ1v) is 10.9. The molecule has 0 aliphatic heterocycles. The Labute approximate surface area is 116 Å². The fourth-order valence-corrected chi connectivity index (χ4v) is 5.27. The molecule has 0 heterocycles. The Bertz CT molecular complexity index is 290. The first-order chi connectivity index (χ1) is 8.39. The van der Waals surface area contributed by atoms with Gasteiger partial charge in [-0.2, -0.15) is 0 Å². The fourth-order valence-electron chi connectivity index (χ4n) is 1.63. The molecule has 0 aliphatic carbocycles. The van der Waals surface area contributed by atoms with Crippen molar-refractivity contribution in [1.82, 2.24) is 0 Å². The van der Waals surface area contributed by atoms with Gasteiger partial charge in [-0.25, -0.2) is 8.42 Å². The van der Waals surface area contributed by atoms with E-state index in [4.69, 9.17) is 13.3 Å². The zero-order valence-electron chi connectivity index (χ0n) is 11.3. The van der Waals surface area contributed by atoms with Gasteiger partial charge in [0.1, 0.15) is 0 Å². The summed E-state index contributed by atoms with van der Waals surface area (Å²) in [6.45, 7) is 7.32. The SMILES string of the molecule is CCO[Si](CCCCS(=O)(=O)S)(OCC)OCC. The summed E-state index contributed by atoms with van der Waals surface area (Å²) in [5.74, 6) is 0.0744. The zero-order valence-corrected chi connectivity index (χ0v) is 14.1. The quantitative estimate of drug-likeness (QED) is 0.274. The van der Waals surface area contributed by atoms with Gasteiger partial charge < -0.3 is 13.3 Å². The van der Waals surface area contributed by atoms with Gasteiger partial charge in [-0.15, -0.1) is 0 Å². The molecule has 5 nitrogen and oxygen atoms in total. The van der Waals surface area contributed by atoms with Gasteiger partial charge in [-0.1, -0.05) is 0 Å². The first-order valence-electron chi connectivity index (χ1n) is 6.26. The molecule has 0 rings (SSSR count). The third-order valence-electron chi connectivity index (χ3n) is 2.23. The molecule has 0 bridgehead atoms. The lowest BCUT2D eigenvalue weighted by molar-refractivity contribution is 0.0708. The molecule has 0 radical (unpaired) electrons. The zero-order chi connectivity index (χ0) is 14.1. The van der Waals surface area contributed by atoms with Crippen molar-refractivity contribution >= 4 is 29.3 Å². The third kappa shape index (κ3) is 8.49. The van der Waals surface area contributed by atoms with Crippen LogP contribution in [0.3, 0.4) is 0 Å². The molecule has 0 aromatic heterocycles. The van der Waals surface area contributed by atoms with Crippen LogP contribution in [0, 0.1) is 0 Å². The summed E-state index contributed by atoms with van der Waals surface area (Å²) >= 11 is 3.51. The fraction of sp³-hybridized carbons (Fsp3) is 1.00. The lowest BCUT2D eigenvalue weighted by Crippen LogP contribution is -2.45. The summed E-state index contributed by atoms with van der Waals surface area (Å²) in [4.78, 5) is 0. The largest absolute Gasteiger partial charge is 0.500 e. The van der Waals surface area contributed by atoms with E-state index in [1.807, 2.05) is 20.8 Å². The summed E-state index contributed by atoms with van der Waals surface area (Å²) in [5.41, 5.74) is 0. The smallest absolute Gasteiger partial charge is 0.374 e.